The van der Waals surface area contributed by atoms with E-state index in [0.29, 0.717) is 0 Å². The van der Waals surface area contributed by atoms with Gasteiger partial charge < -0.3 is 15.4 Å². The minimum atomic E-state index is -4.58. The first kappa shape index (κ1) is 17.3. The minimum Gasteiger partial charge on any atom is -0.744 e. The number of nitrogens with one attached hydrogen (secondary N) is 1. The van der Waals surface area contributed by atoms with E-state index in [1.54, 1.807) is 0 Å². The number of H-pyrrole nitrogens is 1. The maximum Gasteiger partial charge on any atom is 0.278 e. The SMILES string of the molecule is Cc1c(C(N)=O)c(O)[nH]c(=O)c1N=Nc1ccc(S(=O)(=O)[O-])cc1. The molecule has 126 valence electrons. The molecule has 0 saturated heterocycles. The van der Waals surface area contributed by atoms with Gasteiger partial charge in [0.15, 0.2) is 5.69 Å². The number of aromatic nitrogens is 1. The Kier molecular flexibility index (Phi) is 4.48. The molecule has 0 saturated carbocycles. The van der Waals surface area contributed by atoms with Gasteiger partial charge in [0.05, 0.1) is 10.6 Å². The Hall–Kier alpha value is -3.05. The number of hydrogen-bond donors (Lipinski definition) is 3. The summed E-state index contributed by atoms with van der Waals surface area (Å²) < 4.78 is 32.5. The lowest BCUT2D eigenvalue weighted by Gasteiger charge is -2.07. The van der Waals surface area contributed by atoms with Crippen LogP contribution in [-0.4, -0.2) is 29.0 Å². The van der Waals surface area contributed by atoms with Gasteiger partial charge in [-0.1, -0.05) is 0 Å². The number of carbonyl (C=O) groups excluding carboxylic acids is 1. The Labute approximate surface area is 135 Å². The van der Waals surface area contributed by atoms with Crippen LogP contribution in [0.2, 0.25) is 0 Å². The molecule has 4 N–H and O–H groups in total. The van der Waals surface area contributed by atoms with Crippen LogP contribution in [0, 0.1) is 6.92 Å². The topological polar surface area (TPSA) is 178 Å². The van der Waals surface area contributed by atoms with E-state index in [1.165, 1.54) is 19.1 Å². The molecule has 24 heavy (non-hydrogen) atoms. The molecule has 2 rings (SSSR count). The standard InChI is InChI=1S/C13H12N4O6S/c1-6-9(11(14)18)12(19)15-13(20)10(6)17-16-7-2-4-8(5-3-7)24(21,22)23/h2-5H,1H3,(H2,14,18)(H2,15,19,20)(H,21,22,23)/p-1. The van der Waals surface area contributed by atoms with Crippen LogP contribution in [0.25, 0.3) is 0 Å². The van der Waals surface area contributed by atoms with Crippen LogP contribution in [0.3, 0.4) is 0 Å². The Morgan fingerprint density at radius 1 is 1.25 bits per heavy atom. The third-order valence-electron chi connectivity index (χ3n) is 3.05. The van der Waals surface area contributed by atoms with Crippen LogP contribution in [-0.2, 0) is 10.1 Å². The first-order chi connectivity index (χ1) is 11.1. The van der Waals surface area contributed by atoms with Gasteiger partial charge >= 0.3 is 0 Å². The number of carbonyl (C=O) groups is 1. The van der Waals surface area contributed by atoms with E-state index in [0.717, 1.165) is 12.1 Å². The number of hydrogen-bond acceptors (Lipinski definition) is 8. The first-order valence-electron chi connectivity index (χ1n) is 6.34. The highest BCUT2D eigenvalue weighted by molar-refractivity contribution is 7.85. The van der Waals surface area contributed by atoms with E-state index >= 15 is 0 Å². The molecule has 11 heteroatoms. The van der Waals surface area contributed by atoms with Crippen LogP contribution in [0.4, 0.5) is 11.4 Å². The molecule has 0 radical (unpaired) electrons. The summed E-state index contributed by atoms with van der Waals surface area (Å²) >= 11 is 0. The predicted molar refractivity (Wildman–Crippen MR) is 80.6 cm³/mol. The van der Waals surface area contributed by atoms with E-state index in [4.69, 9.17) is 5.73 Å². The molecule has 0 fully saturated rings. The Balaban J connectivity index is 2.45. The molecule has 0 spiro atoms. The Bertz CT molecular complexity index is 992. The van der Waals surface area contributed by atoms with E-state index in [1.807, 2.05) is 4.98 Å². The lowest BCUT2D eigenvalue weighted by Crippen LogP contribution is -2.18. The van der Waals surface area contributed by atoms with Crippen molar-refractivity contribution in [3.05, 3.63) is 45.7 Å². The van der Waals surface area contributed by atoms with Gasteiger partial charge in [-0.25, -0.2) is 8.42 Å². The largest absolute Gasteiger partial charge is 0.744 e. The molecule has 0 aliphatic carbocycles. The van der Waals surface area contributed by atoms with Gasteiger partial charge in [0, 0.05) is 5.56 Å². The van der Waals surface area contributed by atoms with E-state index in [-0.39, 0.29) is 22.5 Å². The molecule has 1 amide bonds. The second kappa shape index (κ2) is 6.22. The van der Waals surface area contributed by atoms with Crippen molar-refractivity contribution in [3.8, 4) is 5.88 Å². The average Bonchev–Trinajstić information content (AvgIpc) is 2.45. The van der Waals surface area contributed by atoms with Crippen molar-refractivity contribution in [1.29, 1.82) is 0 Å². The minimum absolute atomic E-state index is 0.0336. The second-order valence-electron chi connectivity index (χ2n) is 4.66. The molecule has 0 unspecified atom stereocenters. The van der Waals surface area contributed by atoms with Gasteiger partial charge in [-0.05, 0) is 31.2 Å². The zero-order chi connectivity index (χ0) is 18.1. The third kappa shape index (κ3) is 3.47. The van der Waals surface area contributed by atoms with Crippen molar-refractivity contribution >= 4 is 27.4 Å². The Morgan fingerprint density at radius 2 is 1.83 bits per heavy atom. The quantitative estimate of drug-likeness (QED) is 0.541. The maximum absolute atomic E-state index is 11.8. The van der Waals surface area contributed by atoms with Crippen molar-refractivity contribution in [2.45, 2.75) is 11.8 Å². The van der Waals surface area contributed by atoms with Gasteiger partial charge in [-0.15, -0.1) is 5.11 Å². The zero-order valence-corrected chi connectivity index (χ0v) is 13.0. The molecule has 0 aliphatic heterocycles. The van der Waals surface area contributed by atoms with E-state index in [9.17, 15) is 27.7 Å². The highest BCUT2D eigenvalue weighted by Crippen LogP contribution is 2.25. The summed E-state index contributed by atoms with van der Waals surface area (Å²) in [6, 6.07) is 4.51. The van der Waals surface area contributed by atoms with Gasteiger partial charge in [0.25, 0.3) is 11.5 Å². The van der Waals surface area contributed by atoms with Crippen LogP contribution in [0.1, 0.15) is 15.9 Å². The molecule has 2 aromatic rings. The number of benzene rings is 1. The highest BCUT2D eigenvalue weighted by Gasteiger charge is 2.18. The van der Waals surface area contributed by atoms with E-state index < -0.39 is 32.4 Å². The predicted octanol–water partition coefficient (Wildman–Crippen LogP) is 0.807. The lowest BCUT2D eigenvalue weighted by atomic mass is 10.1. The van der Waals surface area contributed by atoms with Gasteiger partial charge in [0.2, 0.25) is 5.88 Å². The fraction of sp³-hybridized carbons (Fsp3) is 0.0769. The van der Waals surface area contributed by atoms with Crippen LogP contribution in [0.5, 0.6) is 5.88 Å². The number of aromatic hydroxyl groups is 1. The highest BCUT2D eigenvalue weighted by atomic mass is 32.2. The fourth-order valence-electron chi connectivity index (χ4n) is 1.90. The zero-order valence-electron chi connectivity index (χ0n) is 12.2. The molecular weight excluding hydrogens is 340 g/mol. The van der Waals surface area contributed by atoms with Crippen molar-refractivity contribution in [1.82, 2.24) is 4.98 Å². The summed E-state index contributed by atoms with van der Waals surface area (Å²) in [7, 11) is -4.58. The normalized spacial score (nSPS) is 11.8. The van der Waals surface area contributed by atoms with Gasteiger partial charge in [0.1, 0.15) is 15.7 Å². The number of amides is 1. The number of rotatable bonds is 4. The Morgan fingerprint density at radius 3 is 2.33 bits per heavy atom. The van der Waals surface area contributed by atoms with Crippen molar-refractivity contribution in [2.24, 2.45) is 16.0 Å². The third-order valence-corrected chi connectivity index (χ3v) is 3.90. The maximum atomic E-state index is 11.8. The van der Waals surface area contributed by atoms with Crippen molar-refractivity contribution in [2.75, 3.05) is 0 Å². The van der Waals surface area contributed by atoms with Crippen molar-refractivity contribution < 1.29 is 22.9 Å². The summed E-state index contributed by atoms with van der Waals surface area (Å²) in [6.07, 6.45) is 0. The molecule has 0 aliphatic rings. The van der Waals surface area contributed by atoms with Gasteiger partial charge in [-0.3, -0.25) is 14.6 Å². The summed E-state index contributed by atoms with van der Waals surface area (Å²) in [6.45, 7) is 1.36. The van der Waals surface area contributed by atoms with Crippen LogP contribution in [0.15, 0.2) is 44.2 Å². The summed E-state index contributed by atoms with van der Waals surface area (Å²) in [5, 5.41) is 17.0. The molecule has 0 bridgehead atoms. The number of pyridine rings is 1. The molecule has 0 atom stereocenters. The smallest absolute Gasteiger partial charge is 0.278 e. The average molecular weight is 351 g/mol. The monoisotopic (exact) mass is 351 g/mol. The molecule has 1 aromatic heterocycles. The van der Waals surface area contributed by atoms with Crippen LogP contribution >= 0.6 is 0 Å². The molecule has 10 nitrogen and oxygen atoms in total. The summed E-state index contributed by atoms with van der Waals surface area (Å²) in [4.78, 5) is 24.7. The fourth-order valence-corrected chi connectivity index (χ4v) is 2.37. The van der Waals surface area contributed by atoms with E-state index in [2.05, 4.69) is 10.2 Å². The summed E-state index contributed by atoms with van der Waals surface area (Å²) in [5.74, 6) is -1.63. The number of aromatic amines is 1. The number of nitrogens with zero attached hydrogens (tertiary/aromatic N) is 2. The first-order valence-corrected chi connectivity index (χ1v) is 7.75. The second-order valence-corrected chi connectivity index (χ2v) is 6.04. The molecule has 1 heterocycles. The van der Waals surface area contributed by atoms with Crippen LogP contribution < -0.4 is 11.3 Å². The molecule has 1 aromatic carbocycles. The molecular formula is C13H11N4O6S-. The summed E-state index contributed by atoms with van der Waals surface area (Å²) in [5.41, 5.74) is 3.98. The lowest BCUT2D eigenvalue weighted by molar-refractivity contribution is 0.0996. The van der Waals surface area contributed by atoms with Gasteiger partial charge in [-0.2, -0.15) is 5.11 Å². The number of azo groups is 1. The number of primary amides is 1. The van der Waals surface area contributed by atoms with Crippen molar-refractivity contribution in [3.63, 3.8) is 0 Å². The number of nitrogens with two attached hydrogens (primary N) is 1.